The third-order valence-corrected chi connectivity index (χ3v) is 4.21. The Morgan fingerprint density at radius 2 is 1.96 bits per heavy atom. The Bertz CT molecular complexity index is 868. The Balaban J connectivity index is 2.08. The molecule has 0 bridgehead atoms. The number of pyridine rings is 1. The van der Waals surface area contributed by atoms with Crippen LogP contribution in [0.2, 0.25) is 5.02 Å². The van der Waals surface area contributed by atoms with E-state index < -0.39 is 6.10 Å². The van der Waals surface area contributed by atoms with Crippen LogP contribution in [0.3, 0.4) is 0 Å². The molecule has 0 saturated carbocycles. The molecule has 2 aromatic carbocycles. The van der Waals surface area contributed by atoms with E-state index in [9.17, 15) is 5.11 Å². The van der Waals surface area contributed by atoms with E-state index in [0.29, 0.717) is 11.6 Å². The van der Waals surface area contributed by atoms with E-state index in [4.69, 9.17) is 27.1 Å². The molecule has 0 saturated heterocycles. The van der Waals surface area contributed by atoms with Crippen molar-refractivity contribution in [3.8, 4) is 17.0 Å². The molecular weight excluding hydrogens is 338 g/mol. The Morgan fingerprint density at radius 1 is 1.20 bits per heavy atom. The molecule has 1 aromatic heterocycles. The Hall–Kier alpha value is -2.34. The van der Waals surface area contributed by atoms with Gasteiger partial charge in [-0.05, 0) is 30.3 Å². The van der Waals surface area contributed by atoms with Gasteiger partial charge in [0.05, 0.1) is 24.4 Å². The topological polar surface area (TPSA) is 80.4 Å². The van der Waals surface area contributed by atoms with Gasteiger partial charge in [0.2, 0.25) is 0 Å². The highest BCUT2D eigenvalue weighted by Gasteiger charge is 2.10. The second-order valence-corrected chi connectivity index (χ2v) is 6.15. The maximum atomic E-state index is 9.75. The zero-order chi connectivity index (χ0) is 17.8. The average Bonchev–Trinajstić information content (AvgIpc) is 2.65. The lowest BCUT2D eigenvalue weighted by atomic mass is 10.1. The zero-order valence-corrected chi connectivity index (χ0v) is 14.6. The van der Waals surface area contributed by atoms with E-state index >= 15 is 0 Å². The van der Waals surface area contributed by atoms with Crippen molar-refractivity contribution in [2.24, 2.45) is 5.73 Å². The van der Waals surface area contributed by atoms with Crippen LogP contribution in [0.4, 0.5) is 5.69 Å². The van der Waals surface area contributed by atoms with Crippen LogP contribution in [0.1, 0.15) is 0 Å². The largest absolute Gasteiger partial charge is 0.497 e. The predicted octanol–water partition coefficient (Wildman–Crippen LogP) is 3.30. The molecule has 4 N–H and O–H groups in total. The summed E-state index contributed by atoms with van der Waals surface area (Å²) in [6, 6.07) is 15.2. The molecule has 0 fully saturated rings. The number of hydrogen-bond donors (Lipinski definition) is 3. The third-order valence-electron chi connectivity index (χ3n) is 3.96. The molecule has 130 valence electrons. The number of methoxy groups -OCH3 is 1. The number of fused-ring (bicyclic) bond motifs is 1. The summed E-state index contributed by atoms with van der Waals surface area (Å²) < 4.78 is 5.30. The summed E-state index contributed by atoms with van der Waals surface area (Å²) in [7, 11) is 1.63. The summed E-state index contributed by atoms with van der Waals surface area (Å²) in [6.45, 7) is 0.565. The number of nitrogens with one attached hydrogen (secondary N) is 1. The smallest absolute Gasteiger partial charge is 0.121 e. The number of halogens is 1. The van der Waals surface area contributed by atoms with E-state index in [2.05, 4.69) is 5.32 Å². The van der Waals surface area contributed by atoms with Gasteiger partial charge in [0, 0.05) is 40.8 Å². The van der Waals surface area contributed by atoms with Crippen molar-refractivity contribution in [3.05, 3.63) is 53.6 Å². The molecule has 25 heavy (non-hydrogen) atoms. The van der Waals surface area contributed by atoms with Gasteiger partial charge in [0.15, 0.2) is 0 Å². The first-order valence-electron chi connectivity index (χ1n) is 7.97. The summed E-state index contributed by atoms with van der Waals surface area (Å²) >= 11 is 5.98. The molecular formula is C19H20ClN3O2. The molecule has 0 aliphatic rings. The van der Waals surface area contributed by atoms with Crippen molar-refractivity contribution >= 4 is 28.2 Å². The molecule has 0 spiro atoms. The SMILES string of the molecule is COc1ccc2c(NC[C@@H](O)CN)cc(-c3ccc(Cl)cc3)nc2c1. The van der Waals surface area contributed by atoms with Crippen LogP contribution in [0, 0.1) is 0 Å². The number of nitrogens with zero attached hydrogens (tertiary/aromatic N) is 1. The van der Waals surface area contributed by atoms with Crippen LogP contribution in [0.15, 0.2) is 48.5 Å². The molecule has 0 radical (unpaired) electrons. The van der Waals surface area contributed by atoms with Crippen molar-refractivity contribution in [1.29, 1.82) is 0 Å². The second kappa shape index (κ2) is 7.70. The van der Waals surface area contributed by atoms with Crippen LogP contribution in [0.5, 0.6) is 5.75 Å². The first-order chi connectivity index (χ1) is 12.1. The number of ether oxygens (including phenoxy) is 1. The first-order valence-corrected chi connectivity index (χ1v) is 8.35. The Morgan fingerprint density at radius 3 is 2.64 bits per heavy atom. The standard InChI is InChI=1S/C19H20ClN3O2/c1-25-15-6-7-16-18(22-11-14(24)10-21)9-17(23-19(16)8-15)12-2-4-13(20)5-3-12/h2-9,14,24H,10-11,21H2,1H3,(H,22,23)/t14-/m0/s1. The third kappa shape index (κ3) is 4.02. The molecule has 5 nitrogen and oxygen atoms in total. The van der Waals surface area contributed by atoms with Crippen LogP contribution in [-0.4, -0.2) is 36.4 Å². The fourth-order valence-electron chi connectivity index (χ4n) is 2.56. The van der Waals surface area contributed by atoms with Gasteiger partial charge in [-0.3, -0.25) is 0 Å². The van der Waals surface area contributed by atoms with Gasteiger partial charge in [0.25, 0.3) is 0 Å². The van der Waals surface area contributed by atoms with Gasteiger partial charge >= 0.3 is 0 Å². The quantitative estimate of drug-likeness (QED) is 0.630. The number of aliphatic hydroxyl groups is 1. The van der Waals surface area contributed by atoms with Gasteiger partial charge < -0.3 is 20.9 Å². The molecule has 3 rings (SSSR count). The summed E-state index contributed by atoms with van der Waals surface area (Å²) in [4.78, 5) is 4.74. The zero-order valence-electron chi connectivity index (χ0n) is 13.9. The summed E-state index contributed by atoms with van der Waals surface area (Å²) in [5.41, 5.74) is 8.94. The van der Waals surface area contributed by atoms with Crippen molar-refractivity contribution < 1.29 is 9.84 Å². The normalized spacial score (nSPS) is 12.2. The molecule has 3 aromatic rings. The lowest BCUT2D eigenvalue weighted by Gasteiger charge is -2.15. The summed E-state index contributed by atoms with van der Waals surface area (Å²) in [5, 5.41) is 14.6. The number of nitrogens with two attached hydrogens (primary N) is 1. The number of anilines is 1. The molecule has 0 aliphatic heterocycles. The van der Waals surface area contributed by atoms with E-state index in [1.165, 1.54) is 0 Å². The van der Waals surface area contributed by atoms with Gasteiger partial charge in [-0.15, -0.1) is 0 Å². The van der Waals surface area contributed by atoms with E-state index in [0.717, 1.165) is 33.6 Å². The van der Waals surface area contributed by atoms with Crippen molar-refractivity contribution in [2.75, 3.05) is 25.5 Å². The highest BCUT2D eigenvalue weighted by Crippen LogP contribution is 2.31. The summed E-state index contributed by atoms with van der Waals surface area (Å²) in [6.07, 6.45) is -0.611. The number of benzene rings is 2. The van der Waals surface area contributed by atoms with Crippen LogP contribution in [0.25, 0.3) is 22.2 Å². The minimum Gasteiger partial charge on any atom is -0.497 e. The Labute approximate surface area is 151 Å². The van der Waals surface area contributed by atoms with Crippen LogP contribution < -0.4 is 15.8 Å². The fourth-order valence-corrected chi connectivity index (χ4v) is 2.69. The maximum Gasteiger partial charge on any atom is 0.121 e. The van der Waals surface area contributed by atoms with E-state index in [1.807, 2.05) is 48.5 Å². The predicted molar refractivity (Wildman–Crippen MR) is 102 cm³/mol. The number of aliphatic hydroxyl groups excluding tert-OH is 1. The molecule has 1 heterocycles. The van der Waals surface area contributed by atoms with Gasteiger partial charge in [0.1, 0.15) is 5.75 Å². The Kier molecular flexibility index (Phi) is 5.38. The highest BCUT2D eigenvalue weighted by molar-refractivity contribution is 6.30. The monoisotopic (exact) mass is 357 g/mol. The van der Waals surface area contributed by atoms with E-state index in [-0.39, 0.29) is 6.54 Å². The van der Waals surface area contributed by atoms with Crippen LogP contribution in [-0.2, 0) is 0 Å². The average molecular weight is 358 g/mol. The molecule has 0 aliphatic carbocycles. The minimum atomic E-state index is -0.611. The van der Waals surface area contributed by atoms with Gasteiger partial charge in [-0.2, -0.15) is 0 Å². The van der Waals surface area contributed by atoms with Crippen molar-refractivity contribution in [1.82, 2.24) is 4.98 Å². The van der Waals surface area contributed by atoms with Crippen molar-refractivity contribution in [3.63, 3.8) is 0 Å². The highest BCUT2D eigenvalue weighted by atomic mass is 35.5. The number of hydrogen-bond acceptors (Lipinski definition) is 5. The molecule has 6 heteroatoms. The fraction of sp³-hybridized carbons (Fsp3) is 0.211. The molecule has 0 unspecified atom stereocenters. The first kappa shape index (κ1) is 17.5. The van der Waals surface area contributed by atoms with Gasteiger partial charge in [-0.25, -0.2) is 4.98 Å². The van der Waals surface area contributed by atoms with E-state index in [1.54, 1.807) is 7.11 Å². The van der Waals surface area contributed by atoms with Crippen LogP contribution >= 0.6 is 11.6 Å². The lowest BCUT2D eigenvalue weighted by Crippen LogP contribution is -2.27. The molecule has 1 atom stereocenters. The van der Waals surface area contributed by atoms with Crippen molar-refractivity contribution in [2.45, 2.75) is 6.10 Å². The summed E-state index contributed by atoms with van der Waals surface area (Å²) in [5.74, 6) is 0.737. The number of aromatic nitrogens is 1. The second-order valence-electron chi connectivity index (χ2n) is 5.72. The number of rotatable bonds is 6. The maximum absolute atomic E-state index is 9.75. The molecule has 0 amide bonds. The lowest BCUT2D eigenvalue weighted by molar-refractivity contribution is 0.196. The minimum absolute atomic E-state index is 0.202. The van der Waals surface area contributed by atoms with Gasteiger partial charge in [-0.1, -0.05) is 23.7 Å².